The first-order valence-corrected chi connectivity index (χ1v) is 9.26. The summed E-state index contributed by atoms with van der Waals surface area (Å²) in [6.07, 6.45) is 0. The fraction of sp³-hybridized carbons (Fsp3) is 0.273. The number of carbonyl (C=O) groups excluding carboxylic acids is 1. The van der Waals surface area contributed by atoms with Gasteiger partial charge in [0.1, 0.15) is 11.6 Å². The fourth-order valence-corrected chi connectivity index (χ4v) is 3.24. The topological polar surface area (TPSA) is 51.7 Å². The van der Waals surface area contributed by atoms with Gasteiger partial charge in [-0.3, -0.25) is 4.79 Å². The van der Waals surface area contributed by atoms with E-state index in [2.05, 4.69) is 4.98 Å². The van der Waals surface area contributed by atoms with Crippen molar-refractivity contribution in [3.8, 4) is 17.0 Å². The molecule has 28 heavy (non-hydrogen) atoms. The zero-order valence-electron chi connectivity index (χ0n) is 15.7. The number of carbonyl (C=O) groups is 1. The van der Waals surface area contributed by atoms with E-state index in [-0.39, 0.29) is 17.9 Å². The Kier molecular flexibility index (Phi) is 5.21. The summed E-state index contributed by atoms with van der Waals surface area (Å²) in [5.41, 5.74) is 3.21. The summed E-state index contributed by atoms with van der Waals surface area (Å²) in [6.45, 7) is 4.00. The van der Waals surface area contributed by atoms with Crippen LogP contribution in [0, 0.1) is 12.7 Å². The highest BCUT2D eigenvalue weighted by Gasteiger charge is 2.19. The molecule has 144 valence electrons. The molecule has 0 spiro atoms. The number of fused-ring (bicyclic) bond motifs is 1. The molecule has 5 nitrogen and oxygen atoms in total. The second-order valence-electron chi connectivity index (χ2n) is 6.79. The lowest BCUT2D eigenvalue weighted by Gasteiger charge is -2.26. The number of pyridine rings is 1. The van der Waals surface area contributed by atoms with Crippen LogP contribution in [0.25, 0.3) is 22.2 Å². The Balaban J connectivity index is 1.67. The summed E-state index contributed by atoms with van der Waals surface area (Å²) >= 11 is 0. The molecule has 0 unspecified atom stereocenters. The first kappa shape index (κ1) is 18.4. The van der Waals surface area contributed by atoms with Gasteiger partial charge in [-0.25, -0.2) is 9.37 Å². The predicted molar refractivity (Wildman–Crippen MR) is 105 cm³/mol. The molecule has 3 aromatic rings. The second-order valence-corrected chi connectivity index (χ2v) is 6.79. The lowest BCUT2D eigenvalue weighted by molar-refractivity contribution is -0.137. The molecule has 0 saturated carbocycles. The standard InChI is InChI=1S/C22H21FN2O3/c1-15-5-7-16(8-6-15)19-13-20(22-17(23)3-2-4-18(22)24-19)28-14-21(26)25-9-11-27-12-10-25/h2-8,13H,9-12,14H2,1H3. The van der Waals surface area contributed by atoms with Gasteiger partial charge in [0, 0.05) is 24.7 Å². The minimum absolute atomic E-state index is 0.138. The van der Waals surface area contributed by atoms with Gasteiger partial charge in [-0.2, -0.15) is 0 Å². The largest absolute Gasteiger partial charge is 0.483 e. The van der Waals surface area contributed by atoms with Crippen molar-refractivity contribution in [2.45, 2.75) is 6.92 Å². The summed E-state index contributed by atoms with van der Waals surface area (Å²) in [7, 11) is 0. The highest BCUT2D eigenvalue weighted by molar-refractivity contribution is 5.89. The zero-order chi connectivity index (χ0) is 19.5. The minimum atomic E-state index is -0.422. The third-order valence-electron chi connectivity index (χ3n) is 4.81. The zero-order valence-corrected chi connectivity index (χ0v) is 15.7. The third kappa shape index (κ3) is 3.82. The van der Waals surface area contributed by atoms with Crippen LogP contribution in [0.4, 0.5) is 4.39 Å². The van der Waals surface area contributed by atoms with Gasteiger partial charge in [0.05, 0.1) is 29.8 Å². The molecular weight excluding hydrogens is 359 g/mol. The Morgan fingerprint density at radius 3 is 2.68 bits per heavy atom. The molecule has 1 amide bonds. The van der Waals surface area contributed by atoms with Crippen LogP contribution < -0.4 is 4.74 Å². The number of nitrogens with zero attached hydrogens (tertiary/aromatic N) is 2. The van der Waals surface area contributed by atoms with E-state index in [0.717, 1.165) is 11.1 Å². The highest BCUT2D eigenvalue weighted by Crippen LogP contribution is 2.32. The molecule has 2 heterocycles. The van der Waals surface area contributed by atoms with Crippen molar-refractivity contribution < 1.29 is 18.7 Å². The van der Waals surface area contributed by atoms with Crippen LogP contribution in [0.5, 0.6) is 5.75 Å². The van der Waals surface area contributed by atoms with E-state index in [9.17, 15) is 9.18 Å². The van der Waals surface area contributed by atoms with Crippen LogP contribution in [0.3, 0.4) is 0 Å². The Morgan fingerprint density at radius 1 is 1.18 bits per heavy atom. The van der Waals surface area contributed by atoms with Crippen molar-refractivity contribution in [2.24, 2.45) is 0 Å². The van der Waals surface area contributed by atoms with E-state index in [0.29, 0.717) is 43.3 Å². The maximum atomic E-state index is 14.5. The lowest BCUT2D eigenvalue weighted by atomic mass is 10.1. The number of hydrogen-bond donors (Lipinski definition) is 0. The summed E-state index contributed by atoms with van der Waals surface area (Å²) in [5.74, 6) is -0.240. The Hall–Kier alpha value is -2.99. The molecule has 1 fully saturated rings. The van der Waals surface area contributed by atoms with Crippen molar-refractivity contribution in [2.75, 3.05) is 32.9 Å². The first-order chi connectivity index (χ1) is 13.6. The lowest BCUT2D eigenvalue weighted by Crippen LogP contribution is -2.43. The molecule has 1 aliphatic rings. The molecule has 0 radical (unpaired) electrons. The number of benzene rings is 2. The molecule has 1 saturated heterocycles. The number of halogens is 1. The molecule has 0 N–H and O–H groups in total. The quantitative estimate of drug-likeness (QED) is 0.694. The van der Waals surface area contributed by atoms with Gasteiger partial charge < -0.3 is 14.4 Å². The van der Waals surface area contributed by atoms with Gasteiger partial charge in [0.15, 0.2) is 6.61 Å². The fourth-order valence-electron chi connectivity index (χ4n) is 3.24. The molecular formula is C22H21FN2O3. The van der Waals surface area contributed by atoms with Gasteiger partial charge >= 0.3 is 0 Å². The summed E-state index contributed by atoms with van der Waals surface area (Å²) in [5, 5.41) is 0.285. The molecule has 0 aliphatic carbocycles. The van der Waals surface area contributed by atoms with Crippen molar-refractivity contribution >= 4 is 16.8 Å². The summed E-state index contributed by atoms with van der Waals surface area (Å²) in [6, 6.07) is 14.3. The van der Waals surface area contributed by atoms with Gasteiger partial charge in [-0.15, -0.1) is 0 Å². The van der Waals surface area contributed by atoms with Crippen LogP contribution in [0.2, 0.25) is 0 Å². The maximum Gasteiger partial charge on any atom is 0.260 e. The van der Waals surface area contributed by atoms with Crippen LogP contribution in [-0.2, 0) is 9.53 Å². The molecule has 1 aromatic heterocycles. The number of aromatic nitrogens is 1. The highest BCUT2D eigenvalue weighted by atomic mass is 19.1. The monoisotopic (exact) mass is 380 g/mol. The second kappa shape index (κ2) is 7.94. The van der Waals surface area contributed by atoms with E-state index in [1.807, 2.05) is 31.2 Å². The molecule has 1 aliphatic heterocycles. The van der Waals surface area contributed by atoms with Crippen LogP contribution in [-0.4, -0.2) is 48.7 Å². The van der Waals surface area contributed by atoms with Crippen LogP contribution >= 0.6 is 0 Å². The molecule has 0 atom stereocenters. The Morgan fingerprint density at radius 2 is 1.93 bits per heavy atom. The normalized spacial score (nSPS) is 14.3. The maximum absolute atomic E-state index is 14.5. The smallest absolute Gasteiger partial charge is 0.260 e. The van der Waals surface area contributed by atoms with Crippen molar-refractivity contribution in [1.82, 2.24) is 9.88 Å². The SMILES string of the molecule is Cc1ccc(-c2cc(OCC(=O)N3CCOCC3)c3c(F)cccc3n2)cc1. The molecule has 4 rings (SSSR count). The summed E-state index contributed by atoms with van der Waals surface area (Å²) in [4.78, 5) is 18.7. The number of ether oxygens (including phenoxy) is 2. The molecule has 6 heteroatoms. The van der Waals surface area contributed by atoms with E-state index in [4.69, 9.17) is 9.47 Å². The minimum Gasteiger partial charge on any atom is -0.483 e. The van der Waals surface area contributed by atoms with Crippen molar-refractivity contribution in [3.63, 3.8) is 0 Å². The Bertz CT molecular complexity index is 999. The number of aryl methyl sites for hydroxylation is 1. The van der Waals surface area contributed by atoms with E-state index < -0.39 is 5.82 Å². The average molecular weight is 380 g/mol. The van der Waals surface area contributed by atoms with Gasteiger partial charge in [-0.1, -0.05) is 35.9 Å². The van der Waals surface area contributed by atoms with Gasteiger partial charge in [0.2, 0.25) is 0 Å². The predicted octanol–water partition coefficient (Wildman–Crippen LogP) is 3.59. The van der Waals surface area contributed by atoms with E-state index in [1.54, 1.807) is 23.1 Å². The molecule has 0 bridgehead atoms. The number of amides is 1. The van der Waals surface area contributed by atoms with E-state index in [1.165, 1.54) is 6.07 Å². The first-order valence-electron chi connectivity index (χ1n) is 9.26. The average Bonchev–Trinajstić information content (AvgIpc) is 2.73. The van der Waals surface area contributed by atoms with E-state index >= 15 is 0 Å². The van der Waals surface area contributed by atoms with Gasteiger partial charge in [0.25, 0.3) is 5.91 Å². The van der Waals surface area contributed by atoms with Crippen molar-refractivity contribution in [3.05, 3.63) is 59.9 Å². The molecule has 2 aromatic carbocycles. The van der Waals surface area contributed by atoms with Crippen LogP contribution in [0.1, 0.15) is 5.56 Å². The van der Waals surface area contributed by atoms with Gasteiger partial charge in [-0.05, 0) is 19.1 Å². The number of rotatable bonds is 4. The van der Waals surface area contributed by atoms with Crippen molar-refractivity contribution in [1.29, 1.82) is 0 Å². The number of hydrogen-bond acceptors (Lipinski definition) is 4. The van der Waals surface area contributed by atoms with Crippen LogP contribution in [0.15, 0.2) is 48.5 Å². The third-order valence-corrected chi connectivity index (χ3v) is 4.81. The summed E-state index contributed by atoms with van der Waals surface area (Å²) < 4.78 is 25.5. The Labute approximate surface area is 162 Å². The number of morpholine rings is 1.